The molecule has 1 saturated heterocycles. The molecule has 1 aromatic heterocycles. The normalized spacial score (nSPS) is 16.8. The summed E-state index contributed by atoms with van der Waals surface area (Å²) in [4.78, 5) is 13.0. The van der Waals surface area contributed by atoms with E-state index >= 15 is 0 Å². The highest BCUT2D eigenvalue weighted by atomic mass is 35.5. The van der Waals surface area contributed by atoms with Crippen molar-refractivity contribution in [1.82, 2.24) is 14.3 Å². The van der Waals surface area contributed by atoms with Crippen LogP contribution in [0.2, 0.25) is 10.0 Å². The lowest BCUT2D eigenvalue weighted by Crippen LogP contribution is -2.44. The molecule has 1 N–H and O–H groups in total. The molecule has 7 nitrogen and oxygen atoms in total. The van der Waals surface area contributed by atoms with E-state index in [9.17, 15) is 13.2 Å². The number of hydrogen-bond acceptors (Lipinski definition) is 4. The highest BCUT2D eigenvalue weighted by Gasteiger charge is 2.39. The summed E-state index contributed by atoms with van der Waals surface area (Å²) in [7, 11) is -3.83. The molecule has 0 saturated carbocycles. The van der Waals surface area contributed by atoms with Crippen molar-refractivity contribution in [2.24, 2.45) is 5.10 Å². The Morgan fingerprint density at radius 3 is 2.54 bits per heavy atom. The van der Waals surface area contributed by atoms with Crippen LogP contribution >= 0.6 is 23.2 Å². The zero-order valence-corrected chi connectivity index (χ0v) is 22.0. The van der Waals surface area contributed by atoms with Crippen molar-refractivity contribution < 1.29 is 13.2 Å². The molecule has 0 bridgehead atoms. The molecular weight excluding hydrogens is 507 g/mol. The second-order valence-electron chi connectivity index (χ2n) is 8.51. The van der Waals surface area contributed by atoms with Crippen LogP contribution in [0, 0.1) is 20.8 Å². The zero-order valence-electron chi connectivity index (χ0n) is 19.6. The number of nitrogens with zero attached hydrogens (tertiary/aromatic N) is 3. The number of aromatic nitrogens is 1. The monoisotopic (exact) mass is 532 g/mol. The third kappa shape index (κ3) is 5.02. The molecule has 10 heteroatoms. The summed E-state index contributed by atoms with van der Waals surface area (Å²) in [5.74, 6) is -0.462. The van der Waals surface area contributed by atoms with Gasteiger partial charge < -0.3 is 4.57 Å². The van der Waals surface area contributed by atoms with E-state index in [-0.39, 0.29) is 11.4 Å². The molecule has 0 spiro atoms. The number of aryl methyl sites for hydroxylation is 1. The second-order valence-corrected chi connectivity index (χ2v) is 11.2. The summed E-state index contributed by atoms with van der Waals surface area (Å²) < 4.78 is 29.5. The molecule has 4 rings (SSSR count). The molecule has 1 amide bonds. The van der Waals surface area contributed by atoms with E-state index in [0.717, 1.165) is 28.2 Å². The van der Waals surface area contributed by atoms with Gasteiger partial charge in [-0.25, -0.2) is 13.8 Å². The lowest BCUT2D eigenvalue weighted by atomic mass is 10.2. The van der Waals surface area contributed by atoms with Crippen LogP contribution in [0.5, 0.6) is 0 Å². The Bertz CT molecular complexity index is 1400. The summed E-state index contributed by atoms with van der Waals surface area (Å²) in [6.45, 7) is 6.19. The Hall–Kier alpha value is -2.65. The molecule has 0 radical (unpaired) electrons. The molecule has 0 unspecified atom stereocenters. The highest BCUT2D eigenvalue weighted by Crippen LogP contribution is 2.28. The van der Waals surface area contributed by atoms with Crippen molar-refractivity contribution in [1.29, 1.82) is 0 Å². The molecule has 35 heavy (non-hydrogen) atoms. The predicted molar refractivity (Wildman–Crippen MR) is 139 cm³/mol. The Morgan fingerprint density at radius 2 is 1.83 bits per heavy atom. The van der Waals surface area contributed by atoms with E-state index in [4.69, 9.17) is 23.2 Å². The Kier molecular flexibility index (Phi) is 7.38. The maximum atomic E-state index is 13.1. The van der Waals surface area contributed by atoms with Gasteiger partial charge in [-0.1, -0.05) is 29.3 Å². The first-order valence-electron chi connectivity index (χ1n) is 11.2. The molecule has 0 aliphatic carbocycles. The lowest BCUT2D eigenvalue weighted by molar-refractivity contribution is -0.124. The van der Waals surface area contributed by atoms with Crippen LogP contribution in [-0.4, -0.2) is 42.0 Å². The van der Waals surface area contributed by atoms with Gasteiger partial charge >= 0.3 is 0 Å². The van der Waals surface area contributed by atoms with Crippen LogP contribution < -0.4 is 5.43 Å². The molecule has 1 fully saturated rings. The molecule has 2 aromatic carbocycles. The van der Waals surface area contributed by atoms with E-state index in [1.54, 1.807) is 6.21 Å². The third-order valence-electron chi connectivity index (χ3n) is 6.26. The van der Waals surface area contributed by atoms with Crippen LogP contribution in [0.3, 0.4) is 0 Å². The van der Waals surface area contributed by atoms with Gasteiger partial charge in [0.25, 0.3) is 5.91 Å². The number of rotatable bonds is 6. The van der Waals surface area contributed by atoms with Crippen LogP contribution in [-0.2, 0) is 14.8 Å². The van der Waals surface area contributed by atoms with Gasteiger partial charge in [-0.05, 0) is 81.6 Å². The fourth-order valence-corrected chi connectivity index (χ4v) is 6.35. The number of hydrazone groups is 1. The van der Waals surface area contributed by atoms with Crippen LogP contribution in [0.1, 0.15) is 35.4 Å². The summed E-state index contributed by atoms with van der Waals surface area (Å²) in [5, 5.41) is 5.26. The van der Waals surface area contributed by atoms with Gasteiger partial charge in [0.15, 0.2) is 0 Å². The smallest absolute Gasteiger partial charge is 0.258 e. The number of halogens is 2. The molecule has 3 aromatic rings. The fourth-order valence-electron chi connectivity index (χ4n) is 4.40. The van der Waals surface area contributed by atoms with Gasteiger partial charge in [0, 0.05) is 39.2 Å². The molecule has 2 heterocycles. The van der Waals surface area contributed by atoms with Crippen LogP contribution in [0.15, 0.2) is 58.5 Å². The van der Waals surface area contributed by atoms with Gasteiger partial charge in [0.2, 0.25) is 10.0 Å². The third-order valence-corrected chi connectivity index (χ3v) is 8.84. The summed E-state index contributed by atoms with van der Waals surface area (Å²) in [5.41, 5.74) is 7.24. The Labute approximate surface area is 215 Å². The topological polar surface area (TPSA) is 83.8 Å². The summed E-state index contributed by atoms with van der Waals surface area (Å²) in [6.07, 6.45) is 2.59. The molecule has 1 atom stereocenters. The van der Waals surface area contributed by atoms with Gasteiger partial charge in [-0.3, -0.25) is 4.79 Å². The summed E-state index contributed by atoms with van der Waals surface area (Å²) in [6, 6.07) is 12.8. The van der Waals surface area contributed by atoms with E-state index < -0.39 is 22.0 Å². The van der Waals surface area contributed by atoms with Crippen molar-refractivity contribution in [3.05, 3.63) is 81.1 Å². The number of carbonyl (C=O) groups excluding carboxylic acids is 1. The average molecular weight is 533 g/mol. The average Bonchev–Trinajstić information content (AvgIpc) is 3.42. The molecule has 1 aliphatic rings. The van der Waals surface area contributed by atoms with Gasteiger partial charge in [-0.2, -0.15) is 9.41 Å². The van der Waals surface area contributed by atoms with Gasteiger partial charge in [0.1, 0.15) is 6.04 Å². The standard InChI is InChI=1S/C25H26Cl2N4O3S/c1-16-14-19(18(3)31(16)23-7-4-6-22(27)17(23)2)15-28-29-25(32)24-8-5-13-30(24)35(33,34)21-11-9-20(26)10-12-21/h4,6-7,9-12,14-15,24H,5,8,13H2,1-3H3,(H,29,32)/b28-15-/t24-/m0/s1. The van der Waals surface area contributed by atoms with Crippen LogP contribution in [0.4, 0.5) is 0 Å². The Balaban J connectivity index is 1.51. The van der Waals surface area contributed by atoms with Crippen LogP contribution in [0.25, 0.3) is 5.69 Å². The van der Waals surface area contributed by atoms with E-state index in [1.807, 2.05) is 45.0 Å². The fraction of sp³-hybridized carbons (Fsp3) is 0.280. The van der Waals surface area contributed by atoms with E-state index in [0.29, 0.717) is 22.9 Å². The number of carbonyl (C=O) groups is 1. The van der Waals surface area contributed by atoms with Crippen molar-refractivity contribution in [3.63, 3.8) is 0 Å². The van der Waals surface area contributed by atoms with Crippen molar-refractivity contribution in [3.8, 4) is 5.69 Å². The van der Waals surface area contributed by atoms with E-state index in [1.165, 1.54) is 28.6 Å². The minimum Gasteiger partial charge on any atom is -0.318 e. The SMILES string of the molecule is Cc1c(Cl)cccc1-n1c(C)cc(/C=N\NC(=O)[C@@H]2CCCN2S(=O)(=O)c2ccc(Cl)cc2)c1C. The van der Waals surface area contributed by atoms with Gasteiger partial charge in [-0.15, -0.1) is 0 Å². The lowest BCUT2D eigenvalue weighted by Gasteiger charge is -2.22. The highest BCUT2D eigenvalue weighted by molar-refractivity contribution is 7.89. The number of nitrogens with one attached hydrogen (secondary N) is 1. The number of benzene rings is 2. The maximum absolute atomic E-state index is 13.1. The first kappa shape index (κ1) is 25.4. The number of hydrogen-bond donors (Lipinski definition) is 1. The first-order valence-corrected chi connectivity index (χ1v) is 13.4. The first-order chi connectivity index (χ1) is 16.6. The van der Waals surface area contributed by atoms with Crippen molar-refractivity contribution in [2.45, 2.75) is 44.6 Å². The van der Waals surface area contributed by atoms with E-state index in [2.05, 4.69) is 15.1 Å². The molecular formula is C25H26Cl2N4O3S. The minimum atomic E-state index is -3.83. The quantitative estimate of drug-likeness (QED) is 0.357. The molecule has 184 valence electrons. The van der Waals surface area contributed by atoms with Gasteiger partial charge in [0.05, 0.1) is 11.1 Å². The summed E-state index contributed by atoms with van der Waals surface area (Å²) >= 11 is 12.2. The predicted octanol–water partition coefficient (Wildman–Crippen LogP) is 5.01. The Morgan fingerprint density at radius 1 is 1.11 bits per heavy atom. The zero-order chi connectivity index (χ0) is 25.3. The number of amides is 1. The maximum Gasteiger partial charge on any atom is 0.258 e. The largest absolute Gasteiger partial charge is 0.318 e. The van der Waals surface area contributed by atoms with Crippen molar-refractivity contribution >= 4 is 45.3 Å². The second kappa shape index (κ2) is 10.1. The van der Waals surface area contributed by atoms with Crippen molar-refractivity contribution in [2.75, 3.05) is 6.54 Å². The number of sulfonamides is 1. The molecule has 1 aliphatic heterocycles. The minimum absolute atomic E-state index is 0.105.